The maximum absolute atomic E-state index is 9.20. The third-order valence-corrected chi connectivity index (χ3v) is 6.21. The number of imidazole rings is 1. The van der Waals surface area contributed by atoms with E-state index >= 15 is 0 Å². The summed E-state index contributed by atoms with van der Waals surface area (Å²) in [6, 6.07) is 21.3. The maximum Gasteiger partial charge on any atom is 0.121 e. The van der Waals surface area contributed by atoms with Crippen LogP contribution < -0.4 is 0 Å². The molecular weight excluding hydrogens is 384 g/mol. The van der Waals surface area contributed by atoms with Gasteiger partial charge in [0, 0.05) is 19.3 Å². The van der Waals surface area contributed by atoms with Gasteiger partial charge in [-0.3, -0.25) is 9.88 Å². The van der Waals surface area contributed by atoms with Crippen molar-refractivity contribution in [2.75, 3.05) is 6.61 Å². The SMILES string of the molecule is OCCc1ccc(CN(Cc2nc3ccccc3[nH]2)C2CCCc3cccnc32)cc1. The van der Waals surface area contributed by atoms with Crippen molar-refractivity contribution in [3.05, 3.63) is 95.1 Å². The van der Waals surface area contributed by atoms with Crippen LogP contribution >= 0.6 is 0 Å². The molecule has 0 bridgehead atoms. The van der Waals surface area contributed by atoms with E-state index in [-0.39, 0.29) is 12.6 Å². The molecule has 158 valence electrons. The summed E-state index contributed by atoms with van der Waals surface area (Å²) >= 11 is 0. The number of rotatable bonds is 7. The van der Waals surface area contributed by atoms with Gasteiger partial charge in [0.25, 0.3) is 0 Å². The highest BCUT2D eigenvalue weighted by molar-refractivity contribution is 5.74. The maximum atomic E-state index is 9.20. The zero-order valence-corrected chi connectivity index (χ0v) is 17.7. The Kier molecular flexibility index (Phi) is 5.78. The van der Waals surface area contributed by atoms with E-state index in [0.29, 0.717) is 6.42 Å². The average Bonchev–Trinajstić information content (AvgIpc) is 3.22. The second-order valence-corrected chi connectivity index (χ2v) is 8.35. The minimum Gasteiger partial charge on any atom is -0.396 e. The van der Waals surface area contributed by atoms with Gasteiger partial charge in [0.2, 0.25) is 0 Å². The monoisotopic (exact) mass is 412 g/mol. The molecule has 1 aliphatic carbocycles. The minimum absolute atomic E-state index is 0.183. The van der Waals surface area contributed by atoms with Crippen molar-refractivity contribution in [1.29, 1.82) is 0 Å². The normalized spacial score (nSPS) is 16.0. The number of aromatic amines is 1. The number of fused-ring (bicyclic) bond motifs is 2. The van der Waals surface area contributed by atoms with Crippen molar-refractivity contribution in [2.45, 2.75) is 44.8 Å². The van der Waals surface area contributed by atoms with Crippen LogP contribution in [0.5, 0.6) is 0 Å². The number of hydrogen-bond acceptors (Lipinski definition) is 4. The molecule has 4 aromatic rings. The molecule has 1 unspecified atom stereocenters. The van der Waals surface area contributed by atoms with E-state index in [1.54, 1.807) is 0 Å². The minimum atomic E-state index is 0.183. The molecule has 0 fully saturated rings. The van der Waals surface area contributed by atoms with Gasteiger partial charge < -0.3 is 10.1 Å². The smallest absolute Gasteiger partial charge is 0.121 e. The highest BCUT2D eigenvalue weighted by Crippen LogP contribution is 2.34. The number of nitrogens with zero attached hydrogens (tertiary/aromatic N) is 3. The Morgan fingerprint density at radius 3 is 2.65 bits per heavy atom. The van der Waals surface area contributed by atoms with Crippen molar-refractivity contribution in [3.63, 3.8) is 0 Å². The molecule has 0 spiro atoms. The van der Waals surface area contributed by atoms with E-state index in [2.05, 4.69) is 52.3 Å². The van der Waals surface area contributed by atoms with Crippen molar-refractivity contribution < 1.29 is 5.11 Å². The number of aromatic nitrogens is 3. The molecule has 2 aromatic carbocycles. The molecule has 0 saturated heterocycles. The molecule has 0 radical (unpaired) electrons. The molecule has 0 aliphatic heterocycles. The van der Waals surface area contributed by atoms with Crippen LogP contribution in [0, 0.1) is 0 Å². The number of H-pyrrole nitrogens is 1. The van der Waals surface area contributed by atoms with Crippen LogP contribution in [0.15, 0.2) is 66.9 Å². The fraction of sp³-hybridized carbons (Fsp3) is 0.308. The van der Waals surface area contributed by atoms with E-state index in [1.807, 2.05) is 24.4 Å². The Hall–Kier alpha value is -3.02. The first-order valence-electron chi connectivity index (χ1n) is 11.1. The van der Waals surface area contributed by atoms with Crippen molar-refractivity contribution in [1.82, 2.24) is 19.9 Å². The predicted molar refractivity (Wildman–Crippen MR) is 122 cm³/mol. The largest absolute Gasteiger partial charge is 0.396 e. The van der Waals surface area contributed by atoms with E-state index < -0.39 is 0 Å². The van der Waals surface area contributed by atoms with Crippen molar-refractivity contribution in [3.8, 4) is 0 Å². The molecular formula is C26H28N4O. The lowest BCUT2D eigenvalue weighted by Crippen LogP contribution is -2.31. The van der Waals surface area contributed by atoms with Crippen molar-refractivity contribution in [2.24, 2.45) is 0 Å². The lowest BCUT2D eigenvalue weighted by atomic mass is 9.90. The molecule has 31 heavy (non-hydrogen) atoms. The number of aliphatic hydroxyl groups is 1. The Morgan fingerprint density at radius 1 is 0.968 bits per heavy atom. The van der Waals surface area contributed by atoms with Gasteiger partial charge in [0.15, 0.2) is 0 Å². The molecule has 1 aliphatic rings. The van der Waals surface area contributed by atoms with Gasteiger partial charge >= 0.3 is 0 Å². The third-order valence-electron chi connectivity index (χ3n) is 6.21. The van der Waals surface area contributed by atoms with Gasteiger partial charge in [-0.2, -0.15) is 0 Å². The molecule has 1 atom stereocenters. The van der Waals surface area contributed by atoms with Crippen LogP contribution in [0.1, 0.15) is 47.1 Å². The topological polar surface area (TPSA) is 65.0 Å². The quantitative estimate of drug-likeness (QED) is 0.467. The lowest BCUT2D eigenvalue weighted by Gasteiger charge is -2.34. The van der Waals surface area contributed by atoms with Crippen LogP contribution in [0.25, 0.3) is 11.0 Å². The van der Waals surface area contributed by atoms with E-state index in [9.17, 15) is 5.11 Å². The average molecular weight is 413 g/mol. The predicted octanol–water partition coefficient (Wildman–Crippen LogP) is 4.57. The molecule has 5 nitrogen and oxygen atoms in total. The first-order chi connectivity index (χ1) is 15.3. The van der Waals surface area contributed by atoms with E-state index in [0.717, 1.165) is 42.8 Å². The third kappa shape index (κ3) is 4.38. The Bertz CT molecular complexity index is 1120. The Labute approximate surface area is 182 Å². The molecule has 2 aromatic heterocycles. The first-order valence-corrected chi connectivity index (χ1v) is 11.1. The molecule has 0 saturated carbocycles. The van der Waals surface area contributed by atoms with Gasteiger partial charge in [-0.25, -0.2) is 4.98 Å². The highest BCUT2D eigenvalue weighted by atomic mass is 16.2. The van der Waals surface area contributed by atoms with E-state index in [1.165, 1.54) is 28.8 Å². The fourth-order valence-electron chi connectivity index (χ4n) is 4.66. The van der Waals surface area contributed by atoms with Gasteiger partial charge in [-0.05, 0) is 60.6 Å². The van der Waals surface area contributed by atoms with Crippen LogP contribution in [0.2, 0.25) is 0 Å². The summed E-state index contributed by atoms with van der Waals surface area (Å²) in [6.07, 6.45) is 6.00. The number of benzene rings is 2. The highest BCUT2D eigenvalue weighted by Gasteiger charge is 2.28. The molecule has 5 heteroatoms. The summed E-state index contributed by atoms with van der Waals surface area (Å²) in [5.74, 6) is 0.987. The standard InChI is InChI=1S/C26H28N4O/c31-16-14-19-10-12-20(13-11-19)17-30(18-25-28-22-7-1-2-8-23(22)29-25)24-9-3-5-21-6-4-15-27-26(21)24/h1-2,4,6-8,10-13,15,24,31H,3,5,9,14,16-18H2,(H,28,29). The summed E-state index contributed by atoms with van der Waals surface area (Å²) in [5.41, 5.74) is 7.09. The second kappa shape index (κ2) is 9.00. The number of aliphatic hydroxyl groups excluding tert-OH is 1. The lowest BCUT2D eigenvalue weighted by molar-refractivity contribution is 0.153. The van der Waals surface area contributed by atoms with E-state index in [4.69, 9.17) is 9.97 Å². The zero-order chi connectivity index (χ0) is 21.0. The first kappa shape index (κ1) is 19.9. The van der Waals surface area contributed by atoms with Crippen LogP contribution in [-0.4, -0.2) is 31.6 Å². The van der Waals surface area contributed by atoms with Crippen molar-refractivity contribution >= 4 is 11.0 Å². The van der Waals surface area contributed by atoms with Crippen LogP contribution in [0.4, 0.5) is 0 Å². The summed E-state index contributed by atoms with van der Waals surface area (Å²) in [7, 11) is 0. The molecule has 5 rings (SSSR count). The summed E-state index contributed by atoms with van der Waals surface area (Å²) in [6.45, 7) is 1.76. The number of aryl methyl sites for hydroxylation is 1. The summed E-state index contributed by atoms with van der Waals surface area (Å²) < 4.78 is 0. The molecule has 2 N–H and O–H groups in total. The molecule has 0 amide bonds. The van der Waals surface area contributed by atoms with Crippen LogP contribution in [-0.2, 0) is 25.9 Å². The number of hydrogen-bond donors (Lipinski definition) is 2. The van der Waals surface area contributed by atoms with Gasteiger partial charge in [0.1, 0.15) is 5.82 Å². The number of para-hydroxylation sites is 2. The second-order valence-electron chi connectivity index (χ2n) is 8.35. The Balaban J connectivity index is 1.46. The van der Waals surface area contributed by atoms with Gasteiger partial charge in [0.05, 0.1) is 29.3 Å². The number of nitrogens with one attached hydrogen (secondary N) is 1. The number of pyridine rings is 1. The molecule has 2 heterocycles. The fourth-order valence-corrected chi connectivity index (χ4v) is 4.66. The van der Waals surface area contributed by atoms with Gasteiger partial charge in [-0.1, -0.05) is 42.5 Å². The zero-order valence-electron chi connectivity index (χ0n) is 17.7. The summed E-state index contributed by atoms with van der Waals surface area (Å²) in [5, 5.41) is 9.20. The Morgan fingerprint density at radius 2 is 1.81 bits per heavy atom. The summed E-state index contributed by atoms with van der Waals surface area (Å²) in [4.78, 5) is 15.6. The van der Waals surface area contributed by atoms with Crippen LogP contribution in [0.3, 0.4) is 0 Å². The van der Waals surface area contributed by atoms with Gasteiger partial charge in [-0.15, -0.1) is 0 Å².